The van der Waals surface area contributed by atoms with E-state index in [1.165, 1.54) is 6.39 Å². The highest BCUT2D eigenvalue weighted by atomic mass is 35.7. The van der Waals surface area contributed by atoms with E-state index in [1.54, 1.807) is 4.68 Å². The standard InChI is InChI=1S/C10H13ClN4O3S/c1-3-7-10(19(11,16)17)8(4-2)15(13-7)5-9-12-6-18-14-9/h6H,3-5H2,1-2H3. The summed E-state index contributed by atoms with van der Waals surface area (Å²) >= 11 is 0. The van der Waals surface area contributed by atoms with Crippen molar-refractivity contribution in [3.63, 3.8) is 0 Å². The second kappa shape index (κ2) is 5.30. The molecular weight excluding hydrogens is 292 g/mol. The molecule has 2 rings (SSSR count). The molecule has 0 saturated carbocycles. The van der Waals surface area contributed by atoms with Crippen LogP contribution in [0.1, 0.15) is 31.1 Å². The van der Waals surface area contributed by atoms with Crippen LogP contribution in [0.25, 0.3) is 0 Å². The van der Waals surface area contributed by atoms with Gasteiger partial charge < -0.3 is 4.52 Å². The van der Waals surface area contributed by atoms with Gasteiger partial charge in [-0.2, -0.15) is 10.1 Å². The molecule has 0 aliphatic rings. The van der Waals surface area contributed by atoms with Crippen molar-refractivity contribution in [2.24, 2.45) is 0 Å². The predicted molar refractivity (Wildman–Crippen MR) is 67.4 cm³/mol. The van der Waals surface area contributed by atoms with Crippen LogP contribution in [-0.2, 0) is 28.4 Å². The summed E-state index contributed by atoms with van der Waals surface area (Å²) in [7, 11) is 1.67. The summed E-state index contributed by atoms with van der Waals surface area (Å²) in [6, 6.07) is 0. The highest BCUT2D eigenvalue weighted by Gasteiger charge is 2.25. The highest BCUT2D eigenvalue weighted by Crippen LogP contribution is 2.25. The third-order valence-electron chi connectivity index (χ3n) is 2.69. The van der Waals surface area contributed by atoms with Gasteiger partial charge in [-0.05, 0) is 12.8 Å². The van der Waals surface area contributed by atoms with Crippen LogP contribution < -0.4 is 0 Å². The molecule has 0 radical (unpaired) electrons. The molecule has 0 atom stereocenters. The zero-order valence-corrected chi connectivity index (χ0v) is 12.1. The van der Waals surface area contributed by atoms with Gasteiger partial charge in [0.05, 0.1) is 11.4 Å². The van der Waals surface area contributed by atoms with Crippen molar-refractivity contribution in [3.8, 4) is 0 Å². The monoisotopic (exact) mass is 304 g/mol. The molecule has 0 spiro atoms. The van der Waals surface area contributed by atoms with Crippen molar-refractivity contribution in [1.29, 1.82) is 0 Å². The molecule has 0 N–H and O–H groups in total. The number of halogens is 1. The third-order valence-corrected chi connectivity index (χ3v) is 4.11. The summed E-state index contributed by atoms with van der Waals surface area (Å²) in [5, 5.41) is 7.96. The van der Waals surface area contributed by atoms with Gasteiger partial charge in [0, 0.05) is 10.7 Å². The van der Waals surface area contributed by atoms with Crippen LogP contribution >= 0.6 is 10.7 Å². The molecule has 0 bridgehead atoms. The van der Waals surface area contributed by atoms with Crippen molar-refractivity contribution < 1.29 is 12.9 Å². The number of aryl methyl sites for hydroxylation is 1. The normalized spacial score (nSPS) is 11.9. The van der Waals surface area contributed by atoms with E-state index in [4.69, 9.17) is 10.7 Å². The molecule has 2 aromatic heterocycles. The minimum Gasteiger partial charge on any atom is -0.343 e. The smallest absolute Gasteiger partial charge is 0.264 e. The number of rotatable bonds is 5. The zero-order valence-electron chi connectivity index (χ0n) is 10.5. The minimum absolute atomic E-state index is 0.0997. The van der Waals surface area contributed by atoms with Gasteiger partial charge >= 0.3 is 0 Å². The number of hydrogen-bond donors (Lipinski definition) is 0. The average molecular weight is 305 g/mol. The van der Waals surface area contributed by atoms with E-state index in [9.17, 15) is 8.42 Å². The minimum atomic E-state index is -3.82. The molecule has 19 heavy (non-hydrogen) atoms. The molecule has 0 aromatic carbocycles. The Hall–Kier alpha value is -1.41. The summed E-state index contributed by atoms with van der Waals surface area (Å²) in [5.41, 5.74) is 1.01. The lowest BCUT2D eigenvalue weighted by molar-refractivity contribution is 0.406. The first-order valence-electron chi connectivity index (χ1n) is 5.75. The fourth-order valence-corrected chi connectivity index (χ4v) is 3.45. The second-order valence-corrected chi connectivity index (χ2v) is 6.38. The first kappa shape index (κ1) is 14.0. The van der Waals surface area contributed by atoms with E-state index >= 15 is 0 Å². The number of aromatic nitrogens is 4. The molecular formula is C10H13ClN4O3S. The fourth-order valence-electron chi connectivity index (χ4n) is 1.92. The molecule has 7 nitrogen and oxygen atoms in total. The molecule has 0 aliphatic heterocycles. The first-order valence-corrected chi connectivity index (χ1v) is 8.06. The van der Waals surface area contributed by atoms with Crippen molar-refractivity contribution in [2.45, 2.75) is 38.1 Å². The first-order chi connectivity index (χ1) is 8.97. The van der Waals surface area contributed by atoms with Crippen molar-refractivity contribution in [3.05, 3.63) is 23.6 Å². The SMILES string of the molecule is CCc1nn(Cc2ncon2)c(CC)c1S(=O)(=O)Cl. The van der Waals surface area contributed by atoms with Gasteiger partial charge in [-0.1, -0.05) is 19.0 Å². The van der Waals surface area contributed by atoms with E-state index in [-0.39, 0.29) is 11.4 Å². The topological polar surface area (TPSA) is 90.9 Å². The molecule has 9 heteroatoms. The average Bonchev–Trinajstić information content (AvgIpc) is 2.95. The van der Waals surface area contributed by atoms with E-state index in [0.717, 1.165) is 0 Å². The Kier molecular flexibility index (Phi) is 3.91. The van der Waals surface area contributed by atoms with Crippen molar-refractivity contribution in [1.82, 2.24) is 19.9 Å². The van der Waals surface area contributed by atoms with E-state index in [2.05, 4.69) is 19.8 Å². The maximum Gasteiger partial charge on any atom is 0.264 e. The van der Waals surface area contributed by atoms with Gasteiger partial charge in [0.15, 0.2) is 5.82 Å². The molecule has 0 unspecified atom stereocenters. The molecule has 2 aromatic rings. The summed E-state index contributed by atoms with van der Waals surface area (Å²) in [5.74, 6) is 0.429. The van der Waals surface area contributed by atoms with Crippen LogP contribution in [-0.4, -0.2) is 28.3 Å². The molecule has 104 valence electrons. The maximum atomic E-state index is 11.7. The van der Waals surface area contributed by atoms with Crippen LogP contribution in [0, 0.1) is 0 Å². The number of hydrogen-bond acceptors (Lipinski definition) is 6. The highest BCUT2D eigenvalue weighted by molar-refractivity contribution is 8.13. The van der Waals surface area contributed by atoms with Crippen LogP contribution in [0.15, 0.2) is 15.8 Å². The summed E-state index contributed by atoms with van der Waals surface area (Å²) < 4.78 is 29.5. The van der Waals surface area contributed by atoms with Crippen LogP contribution in [0.3, 0.4) is 0 Å². The molecule has 0 fully saturated rings. The second-order valence-electron chi connectivity index (χ2n) is 3.87. The van der Waals surface area contributed by atoms with Crippen molar-refractivity contribution in [2.75, 3.05) is 0 Å². The van der Waals surface area contributed by atoms with Crippen LogP contribution in [0.5, 0.6) is 0 Å². The third kappa shape index (κ3) is 2.79. The van der Waals surface area contributed by atoms with Gasteiger partial charge in [-0.3, -0.25) is 4.68 Å². The van der Waals surface area contributed by atoms with Gasteiger partial charge in [0.2, 0.25) is 6.39 Å². The Morgan fingerprint density at radius 3 is 2.58 bits per heavy atom. The van der Waals surface area contributed by atoms with Crippen LogP contribution in [0.2, 0.25) is 0 Å². The van der Waals surface area contributed by atoms with Crippen LogP contribution in [0.4, 0.5) is 0 Å². The Labute approximate surface area is 115 Å². The Morgan fingerprint density at radius 1 is 1.37 bits per heavy atom. The maximum absolute atomic E-state index is 11.7. The summed E-state index contributed by atoms with van der Waals surface area (Å²) in [6.07, 6.45) is 2.18. The Balaban J connectivity index is 2.53. The summed E-state index contributed by atoms with van der Waals surface area (Å²) in [6.45, 7) is 3.92. The van der Waals surface area contributed by atoms with Gasteiger partial charge in [-0.15, -0.1) is 0 Å². The Morgan fingerprint density at radius 2 is 2.11 bits per heavy atom. The van der Waals surface area contributed by atoms with Gasteiger partial charge in [0.1, 0.15) is 11.4 Å². The fraction of sp³-hybridized carbons (Fsp3) is 0.500. The molecule has 0 saturated heterocycles. The zero-order chi connectivity index (χ0) is 14.0. The molecule has 0 amide bonds. The van der Waals surface area contributed by atoms with Crippen molar-refractivity contribution >= 4 is 19.7 Å². The van der Waals surface area contributed by atoms with E-state index in [0.29, 0.717) is 30.1 Å². The number of nitrogens with zero attached hydrogens (tertiary/aromatic N) is 4. The lowest BCUT2D eigenvalue weighted by Gasteiger charge is -2.03. The lowest BCUT2D eigenvalue weighted by atomic mass is 10.2. The van der Waals surface area contributed by atoms with E-state index in [1.807, 2.05) is 13.8 Å². The van der Waals surface area contributed by atoms with Gasteiger partial charge in [0.25, 0.3) is 9.05 Å². The predicted octanol–water partition coefficient (Wildman–Crippen LogP) is 1.37. The van der Waals surface area contributed by atoms with Gasteiger partial charge in [-0.25, -0.2) is 8.42 Å². The van der Waals surface area contributed by atoms with E-state index < -0.39 is 9.05 Å². The Bertz CT molecular complexity index is 663. The largest absolute Gasteiger partial charge is 0.343 e. The molecule has 2 heterocycles. The molecule has 0 aliphatic carbocycles. The quantitative estimate of drug-likeness (QED) is 0.775. The summed E-state index contributed by atoms with van der Waals surface area (Å²) in [4.78, 5) is 3.99. The lowest BCUT2D eigenvalue weighted by Crippen LogP contribution is -2.08.